The third-order valence-corrected chi connectivity index (χ3v) is 2.29. The average molecular weight is 189 g/mol. The van der Waals surface area contributed by atoms with Gasteiger partial charge in [-0.1, -0.05) is 6.92 Å². The van der Waals surface area contributed by atoms with Crippen LogP contribution in [0.1, 0.15) is 27.2 Å². The van der Waals surface area contributed by atoms with E-state index >= 15 is 0 Å². The van der Waals surface area contributed by atoms with E-state index in [1.807, 2.05) is 18.7 Å². The van der Waals surface area contributed by atoms with Crippen molar-refractivity contribution < 1.29 is 15.0 Å². The molecule has 4 heteroatoms. The molecule has 0 aliphatic rings. The number of aliphatic hydroxyl groups excluding tert-OH is 1. The standard InChI is InChI=1S/C9H19NO3/c1-4-10(6-5-9(12)13)7(2)8(3)11/h7-8,11H,4-6H2,1-3H3,(H,12,13). The Balaban J connectivity index is 3.94. The third-order valence-electron chi connectivity index (χ3n) is 2.29. The molecule has 4 nitrogen and oxygen atoms in total. The maximum Gasteiger partial charge on any atom is 0.304 e. The summed E-state index contributed by atoms with van der Waals surface area (Å²) in [6, 6.07) is 0.0179. The Morgan fingerprint density at radius 2 is 2.00 bits per heavy atom. The van der Waals surface area contributed by atoms with Crippen molar-refractivity contribution in [3.63, 3.8) is 0 Å². The topological polar surface area (TPSA) is 60.8 Å². The quantitative estimate of drug-likeness (QED) is 0.640. The van der Waals surface area contributed by atoms with Crippen molar-refractivity contribution in [3.05, 3.63) is 0 Å². The molecule has 0 spiro atoms. The molecule has 0 aromatic carbocycles. The van der Waals surface area contributed by atoms with Gasteiger partial charge in [0.1, 0.15) is 0 Å². The molecule has 0 bridgehead atoms. The molecule has 0 aromatic rings. The molecule has 0 heterocycles. The Labute approximate surface area is 79.2 Å². The summed E-state index contributed by atoms with van der Waals surface area (Å²) in [5.74, 6) is -0.795. The van der Waals surface area contributed by atoms with Gasteiger partial charge >= 0.3 is 5.97 Å². The molecule has 0 aliphatic carbocycles. The number of carboxylic acid groups (broad SMARTS) is 1. The van der Waals surface area contributed by atoms with E-state index in [0.29, 0.717) is 6.54 Å². The number of likely N-dealkylation sites (N-methyl/N-ethyl adjacent to an activating group) is 1. The highest BCUT2D eigenvalue weighted by atomic mass is 16.4. The van der Waals surface area contributed by atoms with Crippen molar-refractivity contribution in [2.45, 2.75) is 39.3 Å². The van der Waals surface area contributed by atoms with Crippen molar-refractivity contribution in [3.8, 4) is 0 Å². The van der Waals surface area contributed by atoms with Crippen LogP contribution in [0, 0.1) is 0 Å². The van der Waals surface area contributed by atoms with Crippen molar-refractivity contribution in [2.75, 3.05) is 13.1 Å². The summed E-state index contributed by atoms with van der Waals surface area (Å²) in [7, 11) is 0. The van der Waals surface area contributed by atoms with Gasteiger partial charge in [-0.3, -0.25) is 9.69 Å². The Morgan fingerprint density at radius 1 is 1.46 bits per heavy atom. The first kappa shape index (κ1) is 12.4. The molecule has 13 heavy (non-hydrogen) atoms. The highest BCUT2D eigenvalue weighted by molar-refractivity contribution is 5.66. The largest absolute Gasteiger partial charge is 0.481 e. The fraction of sp³-hybridized carbons (Fsp3) is 0.889. The lowest BCUT2D eigenvalue weighted by molar-refractivity contribution is -0.137. The predicted octanol–water partition coefficient (Wildman–Crippen LogP) is 0.552. The van der Waals surface area contributed by atoms with E-state index in [-0.39, 0.29) is 12.5 Å². The van der Waals surface area contributed by atoms with Gasteiger partial charge in [0.05, 0.1) is 12.5 Å². The van der Waals surface area contributed by atoms with E-state index in [9.17, 15) is 9.90 Å². The van der Waals surface area contributed by atoms with Gasteiger partial charge in [-0.2, -0.15) is 0 Å². The molecule has 2 unspecified atom stereocenters. The normalized spacial score (nSPS) is 15.8. The van der Waals surface area contributed by atoms with Crippen molar-refractivity contribution in [1.82, 2.24) is 4.90 Å². The second-order valence-electron chi connectivity index (χ2n) is 3.25. The molecule has 0 radical (unpaired) electrons. The molecule has 0 rings (SSSR count). The maximum absolute atomic E-state index is 10.3. The number of aliphatic hydroxyl groups is 1. The summed E-state index contributed by atoms with van der Waals surface area (Å²) in [4.78, 5) is 12.3. The summed E-state index contributed by atoms with van der Waals surface area (Å²) < 4.78 is 0. The molecule has 0 aliphatic heterocycles. The monoisotopic (exact) mass is 189 g/mol. The zero-order valence-electron chi connectivity index (χ0n) is 8.53. The summed E-state index contributed by atoms with van der Waals surface area (Å²) in [6.07, 6.45) is -0.293. The first-order valence-electron chi connectivity index (χ1n) is 4.63. The van der Waals surface area contributed by atoms with E-state index in [1.165, 1.54) is 0 Å². The van der Waals surface area contributed by atoms with Crippen LogP contribution < -0.4 is 0 Å². The van der Waals surface area contributed by atoms with Gasteiger partial charge in [0, 0.05) is 12.6 Å². The molecular formula is C9H19NO3. The van der Waals surface area contributed by atoms with E-state index in [1.54, 1.807) is 6.92 Å². The first-order chi connectivity index (χ1) is 5.99. The van der Waals surface area contributed by atoms with Crippen molar-refractivity contribution in [1.29, 1.82) is 0 Å². The van der Waals surface area contributed by atoms with E-state index in [2.05, 4.69) is 0 Å². The van der Waals surface area contributed by atoms with Crippen molar-refractivity contribution >= 4 is 5.97 Å². The van der Waals surface area contributed by atoms with Gasteiger partial charge in [0.2, 0.25) is 0 Å². The molecule has 0 fully saturated rings. The van der Waals surface area contributed by atoms with Gasteiger partial charge in [0.25, 0.3) is 0 Å². The molecule has 0 aromatic heterocycles. The molecule has 78 valence electrons. The van der Waals surface area contributed by atoms with Crippen LogP contribution in [0.3, 0.4) is 0 Å². The second-order valence-corrected chi connectivity index (χ2v) is 3.25. The predicted molar refractivity (Wildman–Crippen MR) is 50.6 cm³/mol. The summed E-state index contributed by atoms with van der Waals surface area (Å²) in [6.45, 7) is 6.84. The van der Waals surface area contributed by atoms with Crippen LogP contribution in [0.2, 0.25) is 0 Å². The number of nitrogens with zero attached hydrogens (tertiary/aromatic N) is 1. The lowest BCUT2D eigenvalue weighted by atomic mass is 10.1. The van der Waals surface area contributed by atoms with Crippen LogP contribution in [-0.2, 0) is 4.79 Å². The zero-order chi connectivity index (χ0) is 10.4. The Hall–Kier alpha value is -0.610. The minimum atomic E-state index is -0.795. The fourth-order valence-electron chi connectivity index (χ4n) is 1.19. The molecule has 2 N–H and O–H groups in total. The third kappa shape index (κ3) is 4.85. The van der Waals surface area contributed by atoms with Crippen molar-refractivity contribution in [2.24, 2.45) is 0 Å². The summed E-state index contributed by atoms with van der Waals surface area (Å²) in [5, 5.41) is 17.8. The zero-order valence-corrected chi connectivity index (χ0v) is 8.53. The van der Waals surface area contributed by atoms with Crippen LogP contribution in [0.4, 0.5) is 0 Å². The molecule has 0 saturated carbocycles. The number of hydrogen-bond acceptors (Lipinski definition) is 3. The number of carbonyl (C=O) groups is 1. The number of hydrogen-bond donors (Lipinski definition) is 2. The van der Waals surface area contributed by atoms with E-state index < -0.39 is 12.1 Å². The lowest BCUT2D eigenvalue weighted by Gasteiger charge is -2.29. The fourth-order valence-corrected chi connectivity index (χ4v) is 1.19. The molecule has 2 atom stereocenters. The van der Waals surface area contributed by atoms with Crippen LogP contribution >= 0.6 is 0 Å². The molecule has 0 saturated heterocycles. The minimum Gasteiger partial charge on any atom is -0.481 e. The van der Waals surface area contributed by atoms with E-state index in [4.69, 9.17) is 5.11 Å². The van der Waals surface area contributed by atoms with Gasteiger partial charge < -0.3 is 10.2 Å². The minimum absolute atomic E-state index is 0.0179. The van der Waals surface area contributed by atoms with Crippen LogP contribution in [0.15, 0.2) is 0 Å². The lowest BCUT2D eigenvalue weighted by Crippen LogP contribution is -2.41. The van der Waals surface area contributed by atoms with Gasteiger partial charge in [-0.15, -0.1) is 0 Å². The van der Waals surface area contributed by atoms with Crippen LogP contribution in [0.5, 0.6) is 0 Å². The van der Waals surface area contributed by atoms with Crippen LogP contribution in [0.25, 0.3) is 0 Å². The Kier molecular flexibility index (Phi) is 5.66. The highest BCUT2D eigenvalue weighted by Crippen LogP contribution is 2.04. The van der Waals surface area contributed by atoms with E-state index in [0.717, 1.165) is 6.54 Å². The average Bonchev–Trinajstić information content (AvgIpc) is 2.04. The number of aliphatic carboxylic acids is 1. The van der Waals surface area contributed by atoms with Gasteiger partial charge in [-0.25, -0.2) is 0 Å². The Morgan fingerprint density at radius 3 is 2.31 bits per heavy atom. The summed E-state index contributed by atoms with van der Waals surface area (Å²) >= 11 is 0. The number of carboxylic acids is 1. The maximum atomic E-state index is 10.3. The van der Waals surface area contributed by atoms with Gasteiger partial charge in [-0.05, 0) is 20.4 Å². The molecule has 0 amide bonds. The molecular weight excluding hydrogens is 170 g/mol. The Bertz CT molecular complexity index is 159. The smallest absolute Gasteiger partial charge is 0.304 e. The first-order valence-corrected chi connectivity index (χ1v) is 4.63. The highest BCUT2D eigenvalue weighted by Gasteiger charge is 2.17. The number of rotatable bonds is 6. The second kappa shape index (κ2) is 5.94. The van der Waals surface area contributed by atoms with Crippen LogP contribution in [-0.4, -0.2) is 46.3 Å². The summed E-state index contributed by atoms with van der Waals surface area (Å²) in [5.41, 5.74) is 0. The van der Waals surface area contributed by atoms with Gasteiger partial charge in [0.15, 0.2) is 0 Å². The SMILES string of the molecule is CCN(CCC(=O)O)C(C)C(C)O.